The minimum Gasteiger partial charge on any atom is -0.396 e. The number of hydrogen-bond donors (Lipinski definition) is 1. The molecule has 0 aliphatic rings. The molecule has 0 saturated carbocycles. The van der Waals surface area contributed by atoms with E-state index in [4.69, 9.17) is 17.3 Å². The number of thiazole rings is 1. The smallest absolute Gasteiger partial charge is 0.105 e. The fraction of sp³-hybridized carbons (Fsp3) is 0.0714. The highest BCUT2D eigenvalue weighted by Gasteiger charge is 2.07. The summed E-state index contributed by atoms with van der Waals surface area (Å²) in [6.45, 7) is 0. The van der Waals surface area contributed by atoms with Gasteiger partial charge in [0.15, 0.2) is 0 Å². The van der Waals surface area contributed by atoms with Crippen molar-refractivity contribution >= 4 is 50.6 Å². The van der Waals surface area contributed by atoms with Gasteiger partial charge in [0, 0.05) is 15.7 Å². The van der Waals surface area contributed by atoms with Crippen LogP contribution in [0.4, 0.5) is 5.69 Å². The SMILES string of the molecule is Nc1c(SCc2ccc(Cl)cc2)ccc2scnc12. The van der Waals surface area contributed by atoms with E-state index in [9.17, 15) is 0 Å². The normalized spacial score (nSPS) is 11.0. The van der Waals surface area contributed by atoms with Crippen molar-refractivity contribution in [2.45, 2.75) is 10.6 Å². The predicted octanol–water partition coefficient (Wildman–Crippen LogP) is 4.82. The molecule has 0 aliphatic carbocycles. The molecule has 19 heavy (non-hydrogen) atoms. The molecule has 0 bridgehead atoms. The van der Waals surface area contributed by atoms with E-state index in [0.29, 0.717) is 0 Å². The van der Waals surface area contributed by atoms with Gasteiger partial charge in [-0.2, -0.15) is 0 Å². The molecule has 5 heteroatoms. The molecule has 0 atom stereocenters. The summed E-state index contributed by atoms with van der Waals surface area (Å²) in [7, 11) is 0. The van der Waals surface area contributed by atoms with Crippen LogP contribution >= 0.6 is 34.7 Å². The Morgan fingerprint density at radius 2 is 1.95 bits per heavy atom. The largest absolute Gasteiger partial charge is 0.396 e. The molecule has 3 rings (SSSR count). The van der Waals surface area contributed by atoms with Gasteiger partial charge in [-0.1, -0.05) is 23.7 Å². The fourth-order valence-electron chi connectivity index (χ4n) is 1.80. The lowest BCUT2D eigenvalue weighted by Crippen LogP contribution is -1.90. The third kappa shape index (κ3) is 2.71. The second kappa shape index (κ2) is 5.41. The molecule has 96 valence electrons. The number of fused-ring (bicyclic) bond motifs is 1. The minimum absolute atomic E-state index is 0.761. The molecule has 0 unspecified atom stereocenters. The Morgan fingerprint density at radius 1 is 1.16 bits per heavy atom. The maximum Gasteiger partial charge on any atom is 0.105 e. The number of hydrogen-bond acceptors (Lipinski definition) is 4. The summed E-state index contributed by atoms with van der Waals surface area (Å²) in [5.74, 6) is 0.872. The van der Waals surface area contributed by atoms with Gasteiger partial charge in [0.2, 0.25) is 0 Å². The number of nitrogens with two attached hydrogens (primary N) is 1. The molecule has 2 N–H and O–H groups in total. The highest BCUT2D eigenvalue weighted by molar-refractivity contribution is 7.98. The number of thioether (sulfide) groups is 1. The van der Waals surface area contributed by atoms with Crippen LogP contribution in [-0.4, -0.2) is 4.98 Å². The molecule has 0 saturated heterocycles. The van der Waals surface area contributed by atoms with Crippen LogP contribution in [0.15, 0.2) is 46.8 Å². The molecule has 1 aromatic heterocycles. The van der Waals surface area contributed by atoms with E-state index >= 15 is 0 Å². The lowest BCUT2D eigenvalue weighted by atomic mass is 10.2. The highest BCUT2D eigenvalue weighted by atomic mass is 35.5. The first-order valence-electron chi connectivity index (χ1n) is 5.73. The van der Waals surface area contributed by atoms with Gasteiger partial charge in [-0.3, -0.25) is 0 Å². The van der Waals surface area contributed by atoms with Gasteiger partial charge in [0.1, 0.15) is 5.52 Å². The first kappa shape index (κ1) is 12.8. The van der Waals surface area contributed by atoms with Crippen LogP contribution in [0.3, 0.4) is 0 Å². The van der Waals surface area contributed by atoms with Crippen LogP contribution in [0.2, 0.25) is 5.02 Å². The van der Waals surface area contributed by atoms with Gasteiger partial charge in [-0.25, -0.2) is 4.98 Å². The van der Waals surface area contributed by atoms with Crippen molar-refractivity contribution in [3.05, 3.63) is 52.5 Å². The van der Waals surface area contributed by atoms with Crippen molar-refractivity contribution < 1.29 is 0 Å². The molecule has 2 nitrogen and oxygen atoms in total. The molecule has 2 aromatic carbocycles. The Labute approximate surface area is 124 Å². The second-order valence-electron chi connectivity index (χ2n) is 4.09. The molecule has 3 aromatic rings. The van der Waals surface area contributed by atoms with Crippen molar-refractivity contribution in [3.8, 4) is 0 Å². The summed E-state index contributed by atoms with van der Waals surface area (Å²) < 4.78 is 1.13. The summed E-state index contributed by atoms with van der Waals surface area (Å²) in [6.07, 6.45) is 0. The number of benzene rings is 2. The Bertz CT molecular complexity index is 707. The van der Waals surface area contributed by atoms with Crippen LogP contribution in [0.25, 0.3) is 10.2 Å². The van der Waals surface area contributed by atoms with Gasteiger partial charge >= 0.3 is 0 Å². The van der Waals surface area contributed by atoms with E-state index in [1.807, 2.05) is 29.8 Å². The Hall–Kier alpha value is -1.23. The summed E-state index contributed by atoms with van der Waals surface area (Å²) in [6, 6.07) is 12.0. The molecular formula is C14H11ClN2S2. The predicted molar refractivity (Wildman–Crippen MR) is 85.0 cm³/mol. The molecule has 0 amide bonds. The van der Waals surface area contributed by atoms with Crippen molar-refractivity contribution in [3.63, 3.8) is 0 Å². The van der Waals surface area contributed by atoms with Gasteiger partial charge in [0.25, 0.3) is 0 Å². The Kier molecular flexibility index (Phi) is 3.64. The van der Waals surface area contributed by atoms with Crippen molar-refractivity contribution in [1.29, 1.82) is 0 Å². The maximum absolute atomic E-state index is 6.15. The summed E-state index contributed by atoms with van der Waals surface area (Å²) >= 11 is 9.21. The van der Waals surface area contributed by atoms with Crippen LogP contribution in [0.1, 0.15) is 5.56 Å². The van der Waals surface area contributed by atoms with Gasteiger partial charge in [-0.15, -0.1) is 23.1 Å². The first-order chi connectivity index (χ1) is 9.24. The number of anilines is 1. The summed E-state index contributed by atoms with van der Waals surface area (Å²) in [5, 5.41) is 0.761. The zero-order valence-corrected chi connectivity index (χ0v) is 12.4. The average molecular weight is 307 g/mol. The van der Waals surface area contributed by atoms with E-state index in [0.717, 1.165) is 31.6 Å². The van der Waals surface area contributed by atoms with Crippen LogP contribution in [-0.2, 0) is 5.75 Å². The van der Waals surface area contributed by atoms with Crippen LogP contribution in [0.5, 0.6) is 0 Å². The molecule has 0 radical (unpaired) electrons. The number of rotatable bonds is 3. The van der Waals surface area contributed by atoms with Crippen molar-refractivity contribution in [2.75, 3.05) is 5.73 Å². The number of aromatic nitrogens is 1. The quantitative estimate of drug-likeness (QED) is 0.557. The van der Waals surface area contributed by atoms with Crippen molar-refractivity contribution in [1.82, 2.24) is 4.98 Å². The Balaban J connectivity index is 1.81. The van der Waals surface area contributed by atoms with Gasteiger partial charge < -0.3 is 5.73 Å². The van der Waals surface area contributed by atoms with Crippen LogP contribution < -0.4 is 5.73 Å². The zero-order chi connectivity index (χ0) is 13.2. The Morgan fingerprint density at radius 3 is 2.74 bits per heavy atom. The molecule has 1 heterocycles. The third-order valence-corrected chi connectivity index (χ3v) is 5.00. The molecule has 0 fully saturated rings. The minimum atomic E-state index is 0.761. The van der Waals surface area contributed by atoms with Crippen LogP contribution in [0, 0.1) is 0 Å². The lowest BCUT2D eigenvalue weighted by molar-refractivity contribution is 1.38. The fourth-order valence-corrected chi connectivity index (χ4v) is 3.55. The number of nitrogen functional groups attached to an aromatic ring is 1. The van der Waals surface area contributed by atoms with E-state index in [1.54, 1.807) is 23.1 Å². The zero-order valence-electron chi connectivity index (χ0n) is 9.97. The molecule has 0 spiro atoms. The first-order valence-corrected chi connectivity index (χ1v) is 7.97. The molecular weight excluding hydrogens is 296 g/mol. The maximum atomic E-state index is 6.15. The second-order valence-corrected chi connectivity index (χ2v) is 6.43. The van der Waals surface area contributed by atoms with E-state index in [-0.39, 0.29) is 0 Å². The third-order valence-electron chi connectivity index (χ3n) is 2.81. The monoisotopic (exact) mass is 306 g/mol. The standard InChI is InChI=1S/C14H11ClN2S2/c15-10-3-1-9(2-4-10)7-18-11-5-6-12-14(13(11)16)17-8-19-12/h1-6,8H,7,16H2. The average Bonchev–Trinajstić information content (AvgIpc) is 2.89. The van der Waals surface area contributed by atoms with Crippen molar-refractivity contribution in [2.24, 2.45) is 0 Å². The molecule has 0 aliphatic heterocycles. The number of nitrogens with zero attached hydrogens (tertiary/aromatic N) is 1. The summed E-state index contributed by atoms with van der Waals surface area (Å²) in [4.78, 5) is 5.39. The van der Waals surface area contributed by atoms with E-state index in [1.165, 1.54) is 5.56 Å². The highest BCUT2D eigenvalue weighted by Crippen LogP contribution is 2.34. The van der Waals surface area contributed by atoms with E-state index < -0.39 is 0 Å². The number of halogens is 1. The van der Waals surface area contributed by atoms with E-state index in [2.05, 4.69) is 17.1 Å². The lowest BCUT2D eigenvalue weighted by Gasteiger charge is -2.06. The van der Waals surface area contributed by atoms with Gasteiger partial charge in [-0.05, 0) is 29.8 Å². The topological polar surface area (TPSA) is 38.9 Å². The summed E-state index contributed by atoms with van der Waals surface area (Å²) in [5.41, 5.74) is 10.9. The van der Waals surface area contributed by atoms with Gasteiger partial charge in [0.05, 0.1) is 15.9 Å².